The van der Waals surface area contributed by atoms with Crippen molar-refractivity contribution in [2.75, 3.05) is 13.1 Å². The number of carbonyl (C=O) groups is 1. The van der Waals surface area contributed by atoms with Crippen LogP contribution in [0.1, 0.15) is 31.4 Å². The molecule has 0 saturated carbocycles. The summed E-state index contributed by atoms with van der Waals surface area (Å²) in [7, 11) is -3.83. The normalized spacial score (nSPS) is 18.8. The molecule has 9 heteroatoms. The van der Waals surface area contributed by atoms with E-state index in [1.54, 1.807) is 18.3 Å². The summed E-state index contributed by atoms with van der Waals surface area (Å²) in [4.78, 5) is 12.8. The maximum atomic E-state index is 13.1. The molecule has 8 nitrogen and oxygen atoms in total. The van der Waals surface area contributed by atoms with E-state index in [1.165, 1.54) is 10.4 Å². The number of furan rings is 1. The number of benzene rings is 1. The molecule has 3 heterocycles. The molecule has 1 fully saturated rings. The van der Waals surface area contributed by atoms with Gasteiger partial charge in [-0.2, -0.15) is 9.40 Å². The molecule has 1 amide bonds. The highest BCUT2D eigenvalue weighted by molar-refractivity contribution is 7.89. The average molecular weight is 429 g/mol. The number of nitrogens with one attached hydrogen (secondary N) is 2. The van der Waals surface area contributed by atoms with Gasteiger partial charge < -0.3 is 9.73 Å². The van der Waals surface area contributed by atoms with Crippen molar-refractivity contribution in [1.82, 2.24) is 19.8 Å². The van der Waals surface area contributed by atoms with E-state index in [1.807, 2.05) is 37.3 Å². The lowest BCUT2D eigenvalue weighted by Crippen LogP contribution is -2.45. The molecule has 0 aliphatic carbocycles. The van der Waals surface area contributed by atoms with Gasteiger partial charge in [-0.3, -0.25) is 9.89 Å². The molecule has 1 saturated heterocycles. The van der Waals surface area contributed by atoms with E-state index in [0.717, 1.165) is 5.56 Å². The number of piperidine rings is 1. The van der Waals surface area contributed by atoms with Crippen LogP contribution in [0.5, 0.6) is 0 Å². The topological polar surface area (TPSA) is 108 Å². The Kier molecular flexibility index (Phi) is 5.74. The third kappa shape index (κ3) is 4.17. The van der Waals surface area contributed by atoms with Gasteiger partial charge in [0.15, 0.2) is 5.76 Å². The van der Waals surface area contributed by atoms with E-state index < -0.39 is 15.9 Å². The first kappa shape index (κ1) is 20.4. The van der Waals surface area contributed by atoms with Crippen LogP contribution >= 0.6 is 0 Å². The van der Waals surface area contributed by atoms with Crippen molar-refractivity contribution in [3.8, 4) is 11.5 Å². The fraction of sp³-hybridized carbons (Fsp3) is 0.333. The number of H-pyrrole nitrogens is 1. The summed E-state index contributed by atoms with van der Waals surface area (Å²) in [5, 5.41) is 9.46. The minimum Gasteiger partial charge on any atom is -0.442 e. The number of rotatable bonds is 6. The summed E-state index contributed by atoms with van der Waals surface area (Å²) in [6.07, 6.45) is 2.83. The van der Waals surface area contributed by atoms with Crippen LogP contribution in [0.15, 0.2) is 64.2 Å². The molecule has 2 atom stereocenters. The molecule has 0 unspecified atom stereocenters. The SMILES string of the molecule is C[C@H](NC(=O)[C@H]1CCCN(S(=O)(=O)c2ccc(-c3ccn[nH]3)o2)C1)c1ccccc1. The van der Waals surface area contributed by atoms with Crippen LogP contribution in [0.4, 0.5) is 0 Å². The summed E-state index contributed by atoms with van der Waals surface area (Å²) >= 11 is 0. The fourth-order valence-corrected chi connectivity index (χ4v) is 5.09. The second-order valence-corrected chi connectivity index (χ2v) is 9.30. The van der Waals surface area contributed by atoms with E-state index in [4.69, 9.17) is 4.42 Å². The molecule has 158 valence electrons. The zero-order valence-corrected chi connectivity index (χ0v) is 17.4. The summed E-state index contributed by atoms with van der Waals surface area (Å²) in [6, 6.07) is 14.3. The van der Waals surface area contributed by atoms with Crippen molar-refractivity contribution < 1.29 is 17.6 Å². The first-order chi connectivity index (χ1) is 14.4. The highest BCUT2D eigenvalue weighted by Crippen LogP contribution is 2.28. The molecule has 30 heavy (non-hydrogen) atoms. The summed E-state index contributed by atoms with van der Waals surface area (Å²) in [5.74, 6) is -0.139. The Morgan fingerprint density at radius 3 is 2.77 bits per heavy atom. The number of hydrogen-bond donors (Lipinski definition) is 2. The molecular formula is C21H24N4O4S. The monoisotopic (exact) mass is 428 g/mol. The number of nitrogens with zero attached hydrogens (tertiary/aromatic N) is 2. The van der Waals surface area contributed by atoms with Crippen molar-refractivity contribution >= 4 is 15.9 Å². The number of hydrogen-bond acceptors (Lipinski definition) is 5. The van der Waals surface area contributed by atoms with Crippen molar-refractivity contribution in [2.24, 2.45) is 5.92 Å². The van der Waals surface area contributed by atoms with E-state index in [0.29, 0.717) is 30.8 Å². The van der Waals surface area contributed by atoms with E-state index in [-0.39, 0.29) is 23.6 Å². The number of aromatic amines is 1. The average Bonchev–Trinajstić information content (AvgIpc) is 3.46. The minimum absolute atomic E-state index is 0.134. The lowest BCUT2D eigenvalue weighted by molar-refractivity contribution is -0.126. The molecule has 1 aromatic carbocycles. The van der Waals surface area contributed by atoms with Crippen molar-refractivity contribution in [1.29, 1.82) is 0 Å². The molecule has 0 spiro atoms. The molecule has 4 rings (SSSR count). The smallest absolute Gasteiger partial charge is 0.276 e. The van der Waals surface area contributed by atoms with Crippen molar-refractivity contribution in [3.05, 3.63) is 60.3 Å². The van der Waals surface area contributed by atoms with Gasteiger partial charge in [-0.05, 0) is 43.5 Å². The largest absolute Gasteiger partial charge is 0.442 e. The van der Waals surface area contributed by atoms with Crippen LogP contribution in [0.25, 0.3) is 11.5 Å². The van der Waals surface area contributed by atoms with E-state index >= 15 is 0 Å². The maximum absolute atomic E-state index is 13.1. The number of amides is 1. The maximum Gasteiger partial charge on any atom is 0.276 e. The second kappa shape index (κ2) is 8.45. The lowest BCUT2D eigenvalue weighted by atomic mass is 9.98. The second-order valence-electron chi connectivity index (χ2n) is 7.43. The van der Waals surface area contributed by atoms with Gasteiger partial charge in [0.05, 0.1) is 12.0 Å². The summed E-state index contributed by atoms with van der Waals surface area (Å²) in [5.41, 5.74) is 1.61. The molecular weight excluding hydrogens is 404 g/mol. The van der Waals surface area contributed by atoms with Gasteiger partial charge in [0.1, 0.15) is 5.69 Å². The van der Waals surface area contributed by atoms with E-state index in [9.17, 15) is 13.2 Å². The van der Waals surface area contributed by atoms with Crippen LogP contribution < -0.4 is 5.32 Å². The predicted octanol–water partition coefficient (Wildman–Crippen LogP) is 2.95. The molecule has 1 aliphatic rings. The molecule has 1 aliphatic heterocycles. The molecule has 2 N–H and O–H groups in total. The third-order valence-corrected chi connectivity index (χ3v) is 7.09. The van der Waals surface area contributed by atoms with Gasteiger partial charge in [0.25, 0.3) is 10.0 Å². The van der Waals surface area contributed by atoms with Crippen LogP contribution in [0.2, 0.25) is 0 Å². The predicted molar refractivity (Wildman–Crippen MR) is 111 cm³/mol. The van der Waals surface area contributed by atoms with Crippen LogP contribution in [-0.4, -0.2) is 41.9 Å². The van der Waals surface area contributed by atoms with Crippen LogP contribution in [-0.2, 0) is 14.8 Å². The zero-order valence-electron chi connectivity index (χ0n) is 16.6. The van der Waals surface area contributed by atoms with Gasteiger partial charge in [-0.25, -0.2) is 8.42 Å². The highest BCUT2D eigenvalue weighted by atomic mass is 32.2. The van der Waals surface area contributed by atoms with Gasteiger partial charge in [0, 0.05) is 19.3 Å². The standard InChI is InChI=1S/C21H24N4O4S/c1-15(16-6-3-2-4-7-16)23-21(26)17-8-5-13-25(14-17)30(27,28)20-10-9-19(29-20)18-11-12-22-24-18/h2-4,6-7,9-12,15,17H,5,8,13-14H2,1H3,(H,22,24)(H,23,26)/t15-,17-/m0/s1. The van der Waals surface area contributed by atoms with Gasteiger partial charge in [-0.1, -0.05) is 30.3 Å². The molecule has 0 bridgehead atoms. The van der Waals surface area contributed by atoms with Crippen molar-refractivity contribution in [2.45, 2.75) is 30.9 Å². The summed E-state index contributed by atoms with van der Waals surface area (Å²) < 4.78 is 33.0. The first-order valence-electron chi connectivity index (χ1n) is 9.90. The lowest BCUT2D eigenvalue weighted by Gasteiger charge is -2.31. The fourth-order valence-electron chi connectivity index (χ4n) is 3.65. The third-order valence-electron chi connectivity index (χ3n) is 5.35. The Balaban J connectivity index is 1.44. The Morgan fingerprint density at radius 1 is 1.23 bits per heavy atom. The Hall–Kier alpha value is -2.91. The first-order valence-corrected chi connectivity index (χ1v) is 11.3. The Labute approximate surface area is 175 Å². The van der Waals surface area contributed by atoms with Gasteiger partial charge in [0.2, 0.25) is 11.0 Å². The van der Waals surface area contributed by atoms with Crippen LogP contribution in [0.3, 0.4) is 0 Å². The minimum atomic E-state index is -3.83. The Morgan fingerprint density at radius 2 is 2.03 bits per heavy atom. The van der Waals surface area contributed by atoms with Gasteiger partial charge >= 0.3 is 0 Å². The number of carbonyl (C=O) groups excluding carboxylic acids is 1. The molecule has 3 aromatic rings. The summed E-state index contributed by atoms with van der Waals surface area (Å²) in [6.45, 7) is 2.42. The quantitative estimate of drug-likeness (QED) is 0.628. The zero-order chi connectivity index (χ0) is 21.1. The molecule has 0 radical (unpaired) electrons. The Bertz CT molecular complexity index is 1090. The van der Waals surface area contributed by atoms with Crippen LogP contribution in [0, 0.1) is 5.92 Å². The van der Waals surface area contributed by atoms with E-state index in [2.05, 4.69) is 15.5 Å². The molecule has 2 aromatic heterocycles. The highest BCUT2D eigenvalue weighted by Gasteiger charge is 2.35. The van der Waals surface area contributed by atoms with Crippen molar-refractivity contribution in [3.63, 3.8) is 0 Å². The number of sulfonamides is 1. The van der Waals surface area contributed by atoms with Gasteiger partial charge in [-0.15, -0.1) is 0 Å². The number of aromatic nitrogens is 2.